The van der Waals surface area contributed by atoms with Crippen LogP contribution in [0.3, 0.4) is 0 Å². The molecule has 1 atom stereocenters. The van der Waals surface area contributed by atoms with Crippen molar-refractivity contribution in [3.05, 3.63) is 65.1 Å². The van der Waals surface area contributed by atoms with Crippen LogP contribution >= 0.6 is 11.8 Å². The van der Waals surface area contributed by atoms with E-state index in [9.17, 15) is 0 Å². The number of nitrogens with one attached hydrogen (secondary N) is 1. The zero-order chi connectivity index (χ0) is 25.2. The SMILES string of the molecule is CC(C)=CCC/C(C)=C/CC/C(=C/CSCC(Nc1ncccn1)C(N)=NC#N)CC=C(C)C. The van der Waals surface area contributed by atoms with Gasteiger partial charge in [-0.2, -0.15) is 22.0 Å². The zero-order valence-electron chi connectivity index (χ0n) is 21.3. The summed E-state index contributed by atoms with van der Waals surface area (Å²) < 4.78 is 0. The summed E-state index contributed by atoms with van der Waals surface area (Å²) in [7, 11) is 0. The van der Waals surface area contributed by atoms with Crippen LogP contribution in [0.25, 0.3) is 0 Å². The summed E-state index contributed by atoms with van der Waals surface area (Å²) in [5, 5.41) is 12.1. The maximum atomic E-state index is 8.89. The molecule has 0 aromatic carbocycles. The normalized spacial score (nSPS) is 13.1. The van der Waals surface area contributed by atoms with E-state index in [1.807, 2.05) is 0 Å². The standard InChI is InChI=1S/C27H40N6S/c1-21(2)9-6-10-23(5)11-7-12-24(14-13-22(3)4)15-18-34-19-25(26(29)32-20-28)33-27-30-16-8-17-31-27/h8-9,11,13,15-17,25H,6-7,10,12,14,18-19H2,1-5H3,(H2,29,32)(H,30,31,33)/b23-11+,24-15-. The highest BCUT2D eigenvalue weighted by Gasteiger charge is 2.14. The topological polar surface area (TPSA) is 100.0 Å². The van der Waals surface area contributed by atoms with E-state index in [-0.39, 0.29) is 11.9 Å². The van der Waals surface area contributed by atoms with Crippen LogP contribution in [0.15, 0.2) is 70.0 Å². The molecule has 0 saturated carbocycles. The van der Waals surface area contributed by atoms with Gasteiger partial charge in [0.15, 0.2) is 0 Å². The summed E-state index contributed by atoms with van der Waals surface area (Å²) in [5.74, 6) is 2.23. The van der Waals surface area contributed by atoms with E-state index < -0.39 is 0 Å². The van der Waals surface area contributed by atoms with Crippen LogP contribution < -0.4 is 11.1 Å². The van der Waals surface area contributed by atoms with Crippen molar-refractivity contribution in [1.82, 2.24) is 9.97 Å². The third-order valence-electron chi connectivity index (χ3n) is 5.00. The molecule has 0 aliphatic rings. The van der Waals surface area contributed by atoms with Crippen LogP contribution in [0.2, 0.25) is 0 Å². The molecule has 0 aliphatic heterocycles. The Morgan fingerprint density at radius 1 is 1.06 bits per heavy atom. The van der Waals surface area contributed by atoms with E-state index >= 15 is 0 Å². The van der Waals surface area contributed by atoms with Gasteiger partial charge in [-0.3, -0.25) is 0 Å². The lowest BCUT2D eigenvalue weighted by Gasteiger charge is -2.16. The molecule has 1 unspecified atom stereocenters. The Labute approximate surface area is 210 Å². The van der Waals surface area contributed by atoms with E-state index in [0.29, 0.717) is 11.7 Å². The first-order valence-corrected chi connectivity index (χ1v) is 12.9. The Bertz CT molecular complexity index is 914. The molecule has 0 amide bonds. The predicted octanol–water partition coefficient (Wildman–Crippen LogP) is 6.58. The molecule has 1 rings (SSSR count). The van der Waals surface area contributed by atoms with Gasteiger partial charge < -0.3 is 11.1 Å². The van der Waals surface area contributed by atoms with Gasteiger partial charge in [-0.1, -0.05) is 46.6 Å². The number of aliphatic imine (C=N–C) groups is 1. The van der Waals surface area contributed by atoms with Crippen molar-refractivity contribution < 1.29 is 0 Å². The number of hydrogen-bond donors (Lipinski definition) is 2. The van der Waals surface area contributed by atoms with E-state index in [0.717, 1.165) is 37.9 Å². The van der Waals surface area contributed by atoms with Gasteiger partial charge in [0.05, 0.1) is 6.04 Å². The van der Waals surface area contributed by atoms with Crippen LogP contribution in [0.4, 0.5) is 5.95 Å². The van der Waals surface area contributed by atoms with Crippen LogP contribution in [0, 0.1) is 11.5 Å². The minimum atomic E-state index is -0.312. The maximum Gasteiger partial charge on any atom is 0.223 e. The number of nitrogens with zero attached hydrogens (tertiary/aromatic N) is 4. The number of nitrogens with two attached hydrogens (primary N) is 1. The van der Waals surface area contributed by atoms with Gasteiger partial charge in [-0.15, -0.1) is 0 Å². The van der Waals surface area contributed by atoms with Gasteiger partial charge in [0.25, 0.3) is 0 Å². The lowest BCUT2D eigenvalue weighted by Crippen LogP contribution is -2.38. The van der Waals surface area contributed by atoms with E-state index in [4.69, 9.17) is 11.0 Å². The molecule has 184 valence electrons. The summed E-state index contributed by atoms with van der Waals surface area (Å²) in [5.41, 5.74) is 11.6. The first-order chi connectivity index (χ1) is 16.3. The first kappa shape index (κ1) is 29.2. The molecule has 3 N–H and O–H groups in total. The smallest absolute Gasteiger partial charge is 0.223 e. The number of anilines is 1. The Morgan fingerprint density at radius 2 is 1.74 bits per heavy atom. The van der Waals surface area contributed by atoms with Gasteiger partial charge in [0.1, 0.15) is 5.84 Å². The fourth-order valence-electron chi connectivity index (χ4n) is 3.05. The molecule has 0 saturated heterocycles. The van der Waals surface area contributed by atoms with Crippen LogP contribution in [-0.2, 0) is 0 Å². The fourth-order valence-corrected chi connectivity index (χ4v) is 4.03. The lowest BCUT2D eigenvalue weighted by atomic mass is 10.0. The molecule has 0 radical (unpaired) electrons. The minimum absolute atomic E-state index is 0.241. The molecule has 0 bridgehead atoms. The molecule has 0 spiro atoms. The molecule has 6 nitrogen and oxygen atoms in total. The number of allylic oxidation sites excluding steroid dienone is 7. The molecule has 1 aromatic rings. The molecular formula is C27H40N6S. The molecule has 1 heterocycles. The predicted molar refractivity (Wildman–Crippen MR) is 148 cm³/mol. The average molecular weight is 481 g/mol. The highest BCUT2D eigenvalue weighted by atomic mass is 32.2. The fraction of sp³-hybridized carbons (Fsp3) is 0.481. The lowest BCUT2D eigenvalue weighted by molar-refractivity contribution is 0.899. The summed E-state index contributed by atoms with van der Waals surface area (Å²) in [6, 6.07) is 1.44. The van der Waals surface area contributed by atoms with Crippen LogP contribution in [0.5, 0.6) is 0 Å². The highest BCUT2D eigenvalue weighted by Crippen LogP contribution is 2.17. The van der Waals surface area contributed by atoms with Gasteiger partial charge in [-0.25, -0.2) is 9.97 Å². The van der Waals surface area contributed by atoms with Crippen LogP contribution in [0.1, 0.15) is 66.7 Å². The van der Waals surface area contributed by atoms with Crippen LogP contribution in [-0.4, -0.2) is 33.4 Å². The summed E-state index contributed by atoms with van der Waals surface area (Å²) >= 11 is 1.74. The van der Waals surface area contributed by atoms with E-state index in [1.165, 1.54) is 22.3 Å². The highest BCUT2D eigenvalue weighted by molar-refractivity contribution is 7.99. The van der Waals surface area contributed by atoms with Gasteiger partial charge in [-0.05, 0) is 72.8 Å². The van der Waals surface area contributed by atoms with Crippen molar-refractivity contribution in [2.45, 2.75) is 72.8 Å². The first-order valence-electron chi connectivity index (χ1n) is 11.8. The number of aromatic nitrogens is 2. The summed E-state index contributed by atoms with van der Waals surface area (Å²) in [4.78, 5) is 12.1. The number of rotatable bonds is 15. The number of thioether (sulfide) groups is 1. The quantitative estimate of drug-likeness (QED) is 0.0966. The maximum absolute atomic E-state index is 8.89. The molecule has 34 heavy (non-hydrogen) atoms. The largest absolute Gasteiger partial charge is 0.385 e. The Balaban J connectivity index is 2.69. The summed E-state index contributed by atoms with van der Waals surface area (Å²) in [6.07, 6.45) is 19.7. The third-order valence-corrected chi connectivity index (χ3v) is 5.97. The van der Waals surface area contributed by atoms with Crippen molar-refractivity contribution >= 4 is 23.5 Å². The monoisotopic (exact) mass is 480 g/mol. The second kappa shape index (κ2) is 17.6. The second-order valence-corrected chi connectivity index (χ2v) is 9.78. The molecular weight excluding hydrogens is 440 g/mol. The van der Waals surface area contributed by atoms with Gasteiger partial charge in [0, 0.05) is 23.9 Å². The second-order valence-electron chi connectivity index (χ2n) is 8.70. The van der Waals surface area contributed by atoms with Crippen molar-refractivity contribution in [3.8, 4) is 6.19 Å². The van der Waals surface area contributed by atoms with Gasteiger partial charge in [0.2, 0.25) is 12.1 Å². The zero-order valence-corrected chi connectivity index (χ0v) is 22.2. The Kier molecular flexibility index (Phi) is 15.1. The Hall–Kier alpha value is -2.85. The molecule has 7 heteroatoms. The number of nitriles is 1. The van der Waals surface area contributed by atoms with Crippen molar-refractivity contribution in [3.63, 3.8) is 0 Å². The number of amidine groups is 1. The molecule has 0 aliphatic carbocycles. The number of hydrogen-bond acceptors (Lipinski definition) is 6. The third kappa shape index (κ3) is 14.3. The Morgan fingerprint density at radius 3 is 2.38 bits per heavy atom. The van der Waals surface area contributed by atoms with Crippen molar-refractivity contribution in [1.29, 1.82) is 5.26 Å². The van der Waals surface area contributed by atoms with Crippen molar-refractivity contribution in [2.24, 2.45) is 10.7 Å². The molecule has 0 fully saturated rings. The molecule has 1 aromatic heterocycles. The van der Waals surface area contributed by atoms with E-state index in [1.54, 1.807) is 36.4 Å². The average Bonchev–Trinajstić information content (AvgIpc) is 2.79. The van der Waals surface area contributed by atoms with Gasteiger partial charge >= 0.3 is 0 Å². The van der Waals surface area contributed by atoms with E-state index in [2.05, 4.69) is 79.2 Å². The minimum Gasteiger partial charge on any atom is -0.385 e. The van der Waals surface area contributed by atoms with Crippen molar-refractivity contribution in [2.75, 3.05) is 16.8 Å². The summed E-state index contributed by atoms with van der Waals surface area (Å²) in [6.45, 7) is 10.8.